The van der Waals surface area contributed by atoms with E-state index < -0.39 is 17.7 Å². The van der Waals surface area contributed by atoms with Crippen LogP contribution in [-0.2, 0) is 9.59 Å². The van der Waals surface area contributed by atoms with Crippen molar-refractivity contribution in [2.45, 2.75) is 46.8 Å². The quantitative estimate of drug-likeness (QED) is 0.315. The van der Waals surface area contributed by atoms with Crippen molar-refractivity contribution >= 4 is 23.1 Å². The number of aliphatic hydroxyl groups is 1. The van der Waals surface area contributed by atoms with Gasteiger partial charge in [-0.15, -0.1) is 0 Å². The van der Waals surface area contributed by atoms with Crippen molar-refractivity contribution in [3.8, 4) is 5.75 Å². The molecule has 4 rings (SSSR count). The number of carbonyl (C=O) groups excluding carboxylic acids is 2. The lowest BCUT2D eigenvalue weighted by atomic mass is 9.97. The maximum Gasteiger partial charge on any atom is 0.300 e. The van der Waals surface area contributed by atoms with Crippen LogP contribution in [0.1, 0.15) is 47.8 Å². The van der Waals surface area contributed by atoms with Gasteiger partial charge in [-0.1, -0.05) is 23.8 Å². The summed E-state index contributed by atoms with van der Waals surface area (Å²) in [6, 6.07) is 15.4. The van der Waals surface area contributed by atoms with Crippen molar-refractivity contribution in [1.82, 2.24) is 4.98 Å². The van der Waals surface area contributed by atoms with Gasteiger partial charge < -0.3 is 9.84 Å². The lowest BCUT2D eigenvalue weighted by molar-refractivity contribution is -0.132. The molecule has 0 radical (unpaired) electrons. The zero-order chi connectivity index (χ0) is 24.6. The van der Waals surface area contributed by atoms with E-state index in [-0.39, 0.29) is 17.4 Å². The van der Waals surface area contributed by atoms with Gasteiger partial charge in [0.15, 0.2) is 0 Å². The van der Waals surface area contributed by atoms with Crippen LogP contribution in [0.25, 0.3) is 5.76 Å². The van der Waals surface area contributed by atoms with Gasteiger partial charge >= 0.3 is 0 Å². The van der Waals surface area contributed by atoms with Crippen molar-refractivity contribution < 1.29 is 19.4 Å². The van der Waals surface area contributed by atoms with E-state index in [2.05, 4.69) is 4.98 Å². The average molecular weight is 457 g/mol. The predicted molar refractivity (Wildman–Crippen MR) is 132 cm³/mol. The second-order valence-electron chi connectivity index (χ2n) is 8.86. The summed E-state index contributed by atoms with van der Waals surface area (Å²) in [7, 11) is 0. The number of hydrogen-bond donors (Lipinski definition) is 1. The van der Waals surface area contributed by atoms with E-state index in [0.29, 0.717) is 22.7 Å². The standard InChI is InChI=1S/C28H28N2O4/c1-16(2)34-23-12-10-20(15-19(23)5)26(31)24-25(21-8-6-7-13-29-21)30(28(33)27(24)32)22-11-9-17(3)14-18(22)4/h6-16,25,31H,1-5H3/b26-24+. The van der Waals surface area contributed by atoms with Gasteiger partial charge in [-0.05, 0) is 82.1 Å². The molecule has 174 valence electrons. The van der Waals surface area contributed by atoms with E-state index in [9.17, 15) is 14.7 Å². The first kappa shape index (κ1) is 23.2. The van der Waals surface area contributed by atoms with Crippen LogP contribution in [0.5, 0.6) is 5.75 Å². The maximum absolute atomic E-state index is 13.3. The van der Waals surface area contributed by atoms with E-state index in [0.717, 1.165) is 16.7 Å². The Bertz CT molecular complexity index is 1300. The minimum absolute atomic E-state index is 0.00498. The summed E-state index contributed by atoms with van der Waals surface area (Å²) in [6.07, 6.45) is 1.62. The average Bonchev–Trinajstić information content (AvgIpc) is 3.05. The van der Waals surface area contributed by atoms with Crippen molar-refractivity contribution in [1.29, 1.82) is 0 Å². The smallest absolute Gasteiger partial charge is 0.300 e. The molecular formula is C28H28N2O4. The Balaban J connectivity index is 1.90. The Kier molecular flexibility index (Phi) is 6.24. The number of aryl methyl sites for hydroxylation is 3. The second kappa shape index (κ2) is 9.14. The second-order valence-corrected chi connectivity index (χ2v) is 8.86. The van der Waals surface area contributed by atoms with E-state index >= 15 is 0 Å². The third-order valence-electron chi connectivity index (χ3n) is 5.84. The molecule has 1 amide bonds. The van der Waals surface area contributed by atoms with Crippen molar-refractivity contribution in [2.75, 3.05) is 4.90 Å². The molecule has 2 aromatic carbocycles. The summed E-state index contributed by atoms with van der Waals surface area (Å²) < 4.78 is 5.79. The van der Waals surface area contributed by atoms with Crippen LogP contribution in [0.3, 0.4) is 0 Å². The van der Waals surface area contributed by atoms with Crippen LogP contribution in [0.2, 0.25) is 0 Å². The molecule has 6 nitrogen and oxygen atoms in total. The molecule has 1 aliphatic rings. The number of aliphatic hydroxyl groups excluding tert-OH is 1. The first-order valence-corrected chi connectivity index (χ1v) is 11.3. The summed E-state index contributed by atoms with van der Waals surface area (Å²) in [4.78, 5) is 32.5. The fraction of sp³-hybridized carbons (Fsp3) is 0.250. The summed E-state index contributed by atoms with van der Waals surface area (Å²) in [5.41, 5.74) is 4.28. The zero-order valence-electron chi connectivity index (χ0n) is 20.0. The molecule has 1 fully saturated rings. The van der Waals surface area contributed by atoms with E-state index in [1.807, 2.05) is 52.8 Å². The topological polar surface area (TPSA) is 79.7 Å². The number of benzene rings is 2. The Hall–Kier alpha value is -3.93. The molecule has 1 aliphatic heterocycles. The highest BCUT2D eigenvalue weighted by molar-refractivity contribution is 6.51. The largest absolute Gasteiger partial charge is 0.507 e. The van der Waals surface area contributed by atoms with E-state index in [1.165, 1.54) is 4.90 Å². The van der Waals surface area contributed by atoms with Gasteiger partial charge in [0.05, 0.1) is 17.4 Å². The molecule has 0 bridgehead atoms. The number of nitrogens with zero attached hydrogens (tertiary/aromatic N) is 2. The third-order valence-corrected chi connectivity index (χ3v) is 5.84. The number of ether oxygens (including phenoxy) is 1. The van der Waals surface area contributed by atoms with Gasteiger partial charge in [0.25, 0.3) is 11.7 Å². The summed E-state index contributed by atoms with van der Waals surface area (Å²) >= 11 is 0. The van der Waals surface area contributed by atoms with Gasteiger partial charge in [-0.25, -0.2) is 0 Å². The molecule has 0 spiro atoms. The normalized spacial score (nSPS) is 17.5. The maximum atomic E-state index is 13.3. The molecule has 0 aliphatic carbocycles. The number of rotatable bonds is 5. The molecule has 1 saturated heterocycles. The Morgan fingerprint density at radius 3 is 2.38 bits per heavy atom. The lowest BCUT2D eigenvalue weighted by Crippen LogP contribution is -2.30. The Morgan fingerprint density at radius 1 is 1.00 bits per heavy atom. The highest BCUT2D eigenvalue weighted by Crippen LogP contribution is 2.42. The first-order valence-electron chi connectivity index (χ1n) is 11.3. The van der Waals surface area contributed by atoms with E-state index in [1.54, 1.807) is 42.6 Å². The zero-order valence-corrected chi connectivity index (χ0v) is 20.0. The van der Waals surface area contributed by atoms with Gasteiger partial charge in [-0.3, -0.25) is 19.5 Å². The van der Waals surface area contributed by atoms with Gasteiger partial charge in [0.2, 0.25) is 0 Å². The molecule has 6 heteroatoms. The molecule has 3 aromatic rings. The van der Waals surface area contributed by atoms with Crippen LogP contribution in [0.4, 0.5) is 5.69 Å². The summed E-state index contributed by atoms with van der Waals surface area (Å²) in [6.45, 7) is 9.62. The number of ketones is 1. The fourth-order valence-corrected chi connectivity index (χ4v) is 4.31. The first-order chi connectivity index (χ1) is 16.2. The van der Waals surface area contributed by atoms with Crippen molar-refractivity contribution in [3.63, 3.8) is 0 Å². The third kappa shape index (κ3) is 4.19. The molecule has 34 heavy (non-hydrogen) atoms. The fourth-order valence-electron chi connectivity index (χ4n) is 4.31. The molecule has 1 aromatic heterocycles. The lowest BCUT2D eigenvalue weighted by Gasteiger charge is -2.26. The molecule has 1 N–H and O–H groups in total. The number of Topliss-reactive ketones (excluding diaryl/α,β-unsaturated/α-hetero) is 1. The van der Waals surface area contributed by atoms with Crippen LogP contribution in [0, 0.1) is 20.8 Å². The van der Waals surface area contributed by atoms with Crippen LogP contribution < -0.4 is 9.64 Å². The summed E-state index contributed by atoms with van der Waals surface area (Å²) in [5.74, 6) is -0.974. The molecule has 0 saturated carbocycles. The summed E-state index contributed by atoms with van der Waals surface area (Å²) in [5, 5.41) is 11.3. The number of pyridine rings is 1. The molecule has 1 unspecified atom stereocenters. The molecular weight excluding hydrogens is 428 g/mol. The predicted octanol–water partition coefficient (Wildman–Crippen LogP) is 5.42. The highest BCUT2D eigenvalue weighted by atomic mass is 16.5. The Labute approximate surface area is 199 Å². The Morgan fingerprint density at radius 2 is 1.76 bits per heavy atom. The minimum Gasteiger partial charge on any atom is -0.507 e. The number of hydrogen-bond acceptors (Lipinski definition) is 5. The van der Waals surface area contributed by atoms with E-state index in [4.69, 9.17) is 4.74 Å². The number of carbonyl (C=O) groups is 2. The van der Waals surface area contributed by atoms with Gasteiger partial charge in [0.1, 0.15) is 17.6 Å². The number of amides is 1. The number of aromatic nitrogens is 1. The van der Waals surface area contributed by atoms with Crippen LogP contribution >= 0.6 is 0 Å². The van der Waals surface area contributed by atoms with Crippen molar-refractivity contribution in [2.24, 2.45) is 0 Å². The minimum atomic E-state index is -0.852. The monoisotopic (exact) mass is 456 g/mol. The highest BCUT2D eigenvalue weighted by Gasteiger charge is 2.48. The van der Waals surface area contributed by atoms with Crippen LogP contribution in [-0.4, -0.2) is 27.9 Å². The number of anilines is 1. The molecule has 2 heterocycles. The van der Waals surface area contributed by atoms with Crippen LogP contribution in [0.15, 0.2) is 66.4 Å². The van der Waals surface area contributed by atoms with Crippen molar-refractivity contribution in [3.05, 3.63) is 94.3 Å². The SMILES string of the molecule is Cc1ccc(N2C(=O)C(=O)/C(=C(/O)c3ccc(OC(C)C)c(C)c3)C2c2ccccn2)c(C)c1. The molecule has 1 atom stereocenters. The van der Waals surface area contributed by atoms with Gasteiger partial charge in [-0.2, -0.15) is 0 Å². The van der Waals surface area contributed by atoms with Gasteiger partial charge in [0, 0.05) is 17.4 Å².